The van der Waals surface area contributed by atoms with Crippen LogP contribution in [0.2, 0.25) is 0 Å². The van der Waals surface area contributed by atoms with Crippen molar-refractivity contribution in [3.05, 3.63) is 11.3 Å². The van der Waals surface area contributed by atoms with Gasteiger partial charge < -0.3 is 0 Å². The van der Waals surface area contributed by atoms with E-state index in [1.165, 1.54) is 5.57 Å². The molecule has 0 bridgehead atoms. The largest absolute Gasteiger partial charge is 0.192 e. The van der Waals surface area contributed by atoms with Gasteiger partial charge in [0.1, 0.15) is 0 Å². The van der Waals surface area contributed by atoms with E-state index >= 15 is 0 Å². The average Bonchev–Trinajstić information content (AvgIpc) is 1.67. The van der Waals surface area contributed by atoms with Gasteiger partial charge in [-0.15, -0.1) is 0 Å². The number of azo groups is 1. The van der Waals surface area contributed by atoms with Crippen LogP contribution in [0.5, 0.6) is 0 Å². The molecule has 0 radical (unpaired) electrons. The van der Waals surface area contributed by atoms with Crippen LogP contribution < -0.4 is 0 Å². The molecule has 0 unspecified atom stereocenters. The average molecular weight is 112 g/mol. The van der Waals surface area contributed by atoms with Crippen LogP contribution in [-0.2, 0) is 0 Å². The Bertz CT molecular complexity index is 118. The van der Waals surface area contributed by atoms with Crippen LogP contribution in [0.3, 0.4) is 0 Å². The third kappa shape index (κ3) is 2.50. The van der Waals surface area contributed by atoms with E-state index < -0.39 is 0 Å². The number of hydrogen-bond donors (Lipinski definition) is 0. The van der Waals surface area contributed by atoms with Crippen molar-refractivity contribution in [2.45, 2.75) is 20.8 Å². The lowest BCUT2D eigenvalue weighted by molar-refractivity contribution is 1.05. The van der Waals surface area contributed by atoms with Crippen LogP contribution in [0, 0.1) is 0 Å². The molecule has 46 valence electrons. The molecule has 0 rings (SSSR count). The van der Waals surface area contributed by atoms with Crippen molar-refractivity contribution >= 4 is 0 Å². The molecule has 2 nitrogen and oxygen atoms in total. The van der Waals surface area contributed by atoms with Crippen molar-refractivity contribution in [3.8, 4) is 0 Å². The van der Waals surface area contributed by atoms with Gasteiger partial charge in [0.05, 0.1) is 5.70 Å². The van der Waals surface area contributed by atoms with E-state index in [0.717, 1.165) is 5.70 Å². The highest BCUT2D eigenvalue weighted by molar-refractivity contribution is 5.03. The highest BCUT2D eigenvalue weighted by Crippen LogP contribution is 2.01. The molecule has 0 spiro atoms. The van der Waals surface area contributed by atoms with E-state index in [1.54, 1.807) is 7.05 Å². The maximum atomic E-state index is 3.83. The van der Waals surface area contributed by atoms with E-state index in [4.69, 9.17) is 0 Å². The Labute approximate surface area is 50.3 Å². The smallest absolute Gasteiger partial charge is 0.0581 e. The number of allylic oxidation sites excluding steroid dienone is 2. The van der Waals surface area contributed by atoms with Gasteiger partial charge in [-0.1, -0.05) is 5.57 Å². The summed E-state index contributed by atoms with van der Waals surface area (Å²) in [6, 6.07) is 0. The quantitative estimate of drug-likeness (QED) is 0.465. The Morgan fingerprint density at radius 3 is 1.75 bits per heavy atom. The van der Waals surface area contributed by atoms with Gasteiger partial charge >= 0.3 is 0 Å². The SMILES string of the molecule is C/N=N\C(C)=C(C)C. The van der Waals surface area contributed by atoms with Gasteiger partial charge in [0.2, 0.25) is 0 Å². The van der Waals surface area contributed by atoms with Crippen LogP contribution >= 0.6 is 0 Å². The fourth-order valence-electron chi connectivity index (χ4n) is 0.250. The minimum Gasteiger partial charge on any atom is -0.192 e. The summed E-state index contributed by atoms with van der Waals surface area (Å²) in [5.41, 5.74) is 2.23. The summed E-state index contributed by atoms with van der Waals surface area (Å²) in [7, 11) is 1.67. The van der Waals surface area contributed by atoms with Crippen molar-refractivity contribution in [2.75, 3.05) is 7.05 Å². The summed E-state index contributed by atoms with van der Waals surface area (Å²) in [6.45, 7) is 5.98. The van der Waals surface area contributed by atoms with Gasteiger partial charge in [-0.25, -0.2) is 0 Å². The van der Waals surface area contributed by atoms with Crippen molar-refractivity contribution in [1.29, 1.82) is 0 Å². The summed E-state index contributed by atoms with van der Waals surface area (Å²) in [5, 5.41) is 7.45. The maximum absolute atomic E-state index is 3.83. The van der Waals surface area contributed by atoms with E-state index in [9.17, 15) is 0 Å². The predicted molar refractivity (Wildman–Crippen MR) is 34.8 cm³/mol. The lowest BCUT2D eigenvalue weighted by Gasteiger charge is -1.89. The molecule has 2 heteroatoms. The first-order valence-corrected chi connectivity index (χ1v) is 2.62. The topological polar surface area (TPSA) is 24.7 Å². The van der Waals surface area contributed by atoms with Crippen molar-refractivity contribution < 1.29 is 0 Å². The van der Waals surface area contributed by atoms with Crippen molar-refractivity contribution in [2.24, 2.45) is 10.2 Å². The van der Waals surface area contributed by atoms with Crippen LogP contribution in [0.15, 0.2) is 21.5 Å². The molecule has 0 atom stereocenters. The summed E-state index contributed by atoms with van der Waals surface area (Å²) in [5.74, 6) is 0. The van der Waals surface area contributed by atoms with E-state index in [2.05, 4.69) is 10.2 Å². The fraction of sp³-hybridized carbons (Fsp3) is 0.667. The molecular weight excluding hydrogens is 100 g/mol. The molecule has 0 aliphatic rings. The van der Waals surface area contributed by atoms with Crippen LogP contribution in [0.25, 0.3) is 0 Å². The van der Waals surface area contributed by atoms with E-state index in [-0.39, 0.29) is 0 Å². The molecule has 8 heavy (non-hydrogen) atoms. The molecule has 0 N–H and O–H groups in total. The van der Waals surface area contributed by atoms with Gasteiger partial charge in [-0.2, -0.15) is 10.2 Å². The first-order valence-electron chi connectivity index (χ1n) is 2.62. The standard InChI is InChI=1S/C6H12N2/c1-5(2)6(3)8-7-4/h1-4H3/b8-7-. The zero-order valence-electron chi connectivity index (χ0n) is 5.89. The fourth-order valence-corrected chi connectivity index (χ4v) is 0.250. The minimum absolute atomic E-state index is 1.01. The van der Waals surface area contributed by atoms with Crippen LogP contribution in [0.1, 0.15) is 20.8 Å². The second-order valence-electron chi connectivity index (χ2n) is 1.89. The molecule has 0 aliphatic heterocycles. The molecule has 0 aromatic rings. The molecular formula is C6H12N2. The second kappa shape index (κ2) is 3.36. The molecule has 0 aromatic heterocycles. The molecule has 0 amide bonds. The van der Waals surface area contributed by atoms with Gasteiger partial charge in [0.25, 0.3) is 0 Å². The Hall–Kier alpha value is -0.660. The predicted octanol–water partition coefficient (Wildman–Crippen LogP) is 2.38. The molecule has 0 fully saturated rings. The second-order valence-corrected chi connectivity index (χ2v) is 1.89. The van der Waals surface area contributed by atoms with Crippen LogP contribution in [-0.4, -0.2) is 7.05 Å². The zero-order valence-corrected chi connectivity index (χ0v) is 5.89. The Kier molecular flexibility index (Phi) is 3.08. The molecule has 0 aliphatic carbocycles. The van der Waals surface area contributed by atoms with Gasteiger partial charge in [-0.3, -0.25) is 0 Å². The summed E-state index contributed by atoms with van der Waals surface area (Å²) in [4.78, 5) is 0. The van der Waals surface area contributed by atoms with Gasteiger partial charge in [0, 0.05) is 7.05 Å². The minimum atomic E-state index is 1.01. The summed E-state index contributed by atoms with van der Waals surface area (Å²) in [6.07, 6.45) is 0. The van der Waals surface area contributed by atoms with Crippen LogP contribution in [0.4, 0.5) is 0 Å². The molecule has 0 aromatic carbocycles. The third-order valence-corrected chi connectivity index (χ3v) is 0.974. The monoisotopic (exact) mass is 112 g/mol. The van der Waals surface area contributed by atoms with Gasteiger partial charge in [-0.05, 0) is 20.8 Å². The van der Waals surface area contributed by atoms with Crippen molar-refractivity contribution in [1.82, 2.24) is 0 Å². The summed E-state index contributed by atoms with van der Waals surface area (Å²) >= 11 is 0. The Morgan fingerprint density at radius 1 is 1.12 bits per heavy atom. The van der Waals surface area contributed by atoms with E-state index in [1.807, 2.05) is 20.8 Å². The molecule has 0 saturated carbocycles. The highest BCUT2D eigenvalue weighted by atomic mass is 15.1. The Balaban J connectivity index is 4.00. The first-order chi connectivity index (χ1) is 3.68. The van der Waals surface area contributed by atoms with Gasteiger partial charge in [0.15, 0.2) is 0 Å². The van der Waals surface area contributed by atoms with E-state index in [0.29, 0.717) is 0 Å². The zero-order chi connectivity index (χ0) is 6.57. The molecule has 0 heterocycles. The lowest BCUT2D eigenvalue weighted by Crippen LogP contribution is -1.70. The normalized spacial score (nSPS) is 10.0. The Morgan fingerprint density at radius 2 is 1.62 bits per heavy atom. The highest BCUT2D eigenvalue weighted by Gasteiger charge is 1.83. The number of nitrogens with zero attached hydrogens (tertiary/aromatic N) is 2. The summed E-state index contributed by atoms with van der Waals surface area (Å²) < 4.78 is 0. The molecule has 0 saturated heterocycles. The number of hydrogen-bond acceptors (Lipinski definition) is 2. The maximum Gasteiger partial charge on any atom is 0.0581 e. The number of rotatable bonds is 1. The van der Waals surface area contributed by atoms with Crippen molar-refractivity contribution in [3.63, 3.8) is 0 Å². The third-order valence-electron chi connectivity index (χ3n) is 0.974. The lowest BCUT2D eigenvalue weighted by atomic mass is 10.3. The first kappa shape index (κ1) is 7.34.